The molecule has 0 spiro atoms. The fourth-order valence-electron chi connectivity index (χ4n) is 0.977. The van der Waals surface area contributed by atoms with Crippen LogP contribution in [-0.2, 0) is 0 Å². The lowest BCUT2D eigenvalue weighted by atomic mass is 10.3. The molecule has 0 aromatic carbocycles. The molecule has 0 amide bonds. The molecule has 0 rings (SSSR count). The second-order valence-corrected chi connectivity index (χ2v) is 2.48. The molecular weight excluding hydrogens is 110 g/mol. The van der Waals surface area contributed by atoms with Crippen LogP contribution in [0, 0.1) is 6.92 Å². The van der Waals surface area contributed by atoms with Gasteiger partial charge in [0.1, 0.15) is 0 Å². The van der Waals surface area contributed by atoms with Gasteiger partial charge in [0.05, 0.1) is 0 Å². The van der Waals surface area contributed by atoms with Crippen LogP contribution in [0.4, 0.5) is 0 Å². The van der Waals surface area contributed by atoms with Gasteiger partial charge in [-0.2, -0.15) is 0 Å². The molecule has 1 radical (unpaired) electrons. The lowest BCUT2D eigenvalue weighted by Gasteiger charge is -2.23. The van der Waals surface area contributed by atoms with E-state index in [0.29, 0.717) is 6.04 Å². The Labute approximate surface area is 59.1 Å². The molecule has 0 aliphatic heterocycles. The molecule has 0 aliphatic rings. The molecule has 1 unspecified atom stereocenters. The molecule has 9 heavy (non-hydrogen) atoms. The van der Waals surface area contributed by atoms with Crippen molar-refractivity contribution in [1.29, 1.82) is 0 Å². The van der Waals surface area contributed by atoms with Crippen LogP contribution in [0.25, 0.3) is 0 Å². The Balaban J connectivity index is 3.41. The monoisotopic (exact) mass is 128 g/mol. The molecule has 1 atom stereocenters. The quantitative estimate of drug-likeness (QED) is 0.559. The molecule has 0 bridgehead atoms. The second kappa shape index (κ2) is 4.80. The van der Waals surface area contributed by atoms with E-state index in [1.807, 2.05) is 0 Å². The largest absolute Gasteiger partial charge is 0.301 e. The van der Waals surface area contributed by atoms with Gasteiger partial charge in [0.15, 0.2) is 0 Å². The topological polar surface area (TPSA) is 3.24 Å². The van der Waals surface area contributed by atoms with E-state index in [9.17, 15) is 0 Å². The lowest BCUT2D eigenvalue weighted by Crippen LogP contribution is -2.31. The molecule has 0 heterocycles. The third kappa shape index (κ3) is 3.52. The van der Waals surface area contributed by atoms with Crippen molar-refractivity contribution in [3.05, 3.63) is 6.92 Å². The number of hydrogen-bond donors (Lipinski definition) is 0. The molecule has 0 aromatic heterocycles. The predicted octanol–water partition coefficient (Wildman–Crippen LogP) is 1.94. The summed E-state index contributed by atoms with van der Waals surface area (Å²) in [5.74, 6) is 0. The summed E-state index contributed by atoms with van der Waals surface area (Å²) in [7, 11) is 0. The number of nitrogens with zero attached hydrogens (tertiary/aromatic N) is 1. The van der Waals surface area contributed by atoms with Gasteiger partial charge in [-0.25, -0.2) is 0 Å². The van der Waals surface area contributed by atoms with Crippen molar-refractivity contribution < 1.29 is 0 Å². The predicted molar refractivity (Wildman–Crippen MR) is 42.4 cm³/mol. The van der Waals surface area contributed by atoms with Gasteiger partial charge in [-0.15, -0.1) is 0 Å². The maximum absolute atomic E-state index is 3.95. The Morgan fingerprint density at radius 2 is 2.00 bits per heavy atom. The Morgan fingerprint density at radius 1 is 1.44 bits per heavy atom. The first-order valence-electron chi connectivity index (χ1n) is 3.79. The summed E-state index contributed by atoms with van der Waals surface area (Å²) in [6.45, 7) is 12.8. The van der Waals surface area contributed by atoms with Crippen LogP contribution in [0.2, 0.25) is 0 Å². The molecule has 0 fully saturated rings. The van der Waals surface area contributed by atoms with Gasteiger partial charge >= 0.3 is 0 Å². The highest BCUT2D eigenvalue weighted by Crippen LogP contribution is 1.96. The van der Waals surface area contributed by atoms with Crippen LogP contribution in [0.5, 0.6) is 0 Å². The minimum Gasteiger partial charge on any atom is -0.301 e. The van der Waals surface area contributed by atoms with Gasteiger partial charge < -0.3 is 4.90 Å². The summed E-state index contributed by atoms with van der Waals surface area (Å²) in [6.07, 6.45) is 1.23. The standard InChI is InChI=1S/C8H18N/c1-5-7-9(6-2)8(3)4/h8H,3,5-7H2,1-2,4H3. The fourth-order valence-corrected chi connectivity index (χ4v) is 0.977. The first-order valence-corrected chi connectivity index (χ1v) is 3.79. The number of hydrogen-bond acceptors (Lipinski definition) is 1. The van der Waals surface area contributed by atoms with Crippen molar-refractivity contribution in [3.8, 4) is 0 Å². The van der Waals surface area contributed by atoms with Crippen LogP contribution in [0.15, 0.2) is 0 Å². The molecule has 1 heteroatoms. The average Bonchev–Trinajstić information content (AvgIpc) is 1.82. The second-order valence-electron chi connectivity index (χ2n) is 2.48. The van der Waals surface area contributed by atoms with Crippen molar-refractivity contribution >= 4 is 0 Å². The molecule has 0 saturated heterocycles. The summed E-state index contributed by atoms with van der Waals surface area (Å²) in [5, 5.41) is 0. The minimum absolute atomic E-state index is 0.468. The van der Waals surface area contributed by atoms with E-state index in [2.05, 4.69) is 32.6 Å². The minimum atomic E-state index is 0.468. The summed E-state index contributed by atoms with van der Waals surface area (Å²) in [5.41, 5.74) is 0. The summed E-state index contributed by atoms with van der Waals surface area (Å²) in [4.78, 5) is 2.36. The van der Waals surface area contributed by atoms with Crippen molar-refractivity contribution in [2.24, 2.45) is 0 Å². The zero-order chi connectivity index (χ0) is 7.28. The van der Waals surface area contributed by atoms with Crippen molar-refractivity contribution in [1.82, 2.24) is 4.90 Å². The van der Waals surface area contributed by atoms with E-state index in [0.717, 1.165) is 6.54 Å². The molecule has 0 N–H and O–H groups in total. The zero-order valence-electron chi connectivity index (χ0n) is 6.85. The molecule has 0 saturated carbocycles. The SMILES string of the molecule is [CH2]C(C)N(CC)CCC. The highest BCUT2D eigenvalue weighted by atomic mass is 15.1. The van der Waals surface area contributed by atoms with Crippen molar-refractivity contribution in [2.45, 2.75) is 33.2 Å². The van der Waals surface area contributed by atoms with E-state index in [-0.39, 0.29) is 0 Å². The van der Waals surface area contributed by atoms with E-state index in [4.69, 9.17) is 0 Å². The van der Waals surface area contributed by atoms with Crippen LogP contribution in [0.1, 0.15) is 27.2 Å². The van der Waals surface area contributed by atoms with E-state index in [1.165, 1.54) is 13.0 Å². The fraction of sp³-hybridized carbons (Fsp3) is 0.875. The molecular formula is C8H18N. The molecule has 0 aromatic rings. The van der Waals surface area contributed by atoms with E-state index < -0.39 is 0 Å². The van der Waals surface area contributed by atoms with Gasteiger partial charge in [0, 0.05) is 6.04 Å². The van der Waals surface area contributed by atoms with Gasteiger partial charge in [-0.3, -0.25) is 0 Å². The normalized spacial score (nSPS) is 11.3. The maximum Gasteiger partial charge on any atom is 0.00673 e. The summed E-state index contributed by atoms with van der Waals surface area (Å²) >= 11 is 0. The summed E-state index contributed by atoms with van der Waals surface area (Å²) in [6, 6.07) is 0.468. The molecule has 55 valence electrons. The van der Waals surface area contributed by atoms with Crippen LogP contribution in [0.3, 0.4) is 0 Å². The number of rotatable bonds is 4. The third-order valence-corrected chi connectivity index (χ3v) is 1.54. The summed E-state index contributed by atoms with van der Waals surface area (Å²) < 4.78 is 0. The van der Waals surface area contributed by atoms with Crippen LogP contribution in [-0.4, -0.2) is 24.0 Å². The van der Waals surface area contributed by atoms with Crippen molar-refractivity contribution in [2.75, 3.05) is 13.1 Å². The Morgan fingerprint density at radius 3 is 2.11 bits per heavy atom. The van der Waals surface area contributed by atoms with E-state index in [1.54, 1.807) is 0 Å². The van der Waals surface area contributed by atoms with Crippen LogP contribution < -0.4 is 0 Å². The molecule has 0 aliphatic carbocycles. The van der Waals surface area contributed by atoms with Gasteiger partial charge in [0.25, 0.3) is 0 Å². The smallest absolute Gasteiger partial charge is 0.00673 e. The highest BCUT2D eigenvalue weighted by Gasteiger charge is 2.03. The average molecular weight is 128 g/mol. The van der Waals surface area contributed by atoms with Gasteiger partial charge in [-0.05, 0) is 33.4 Å². The zero-order valence-corrected chi connectivity index (χ0v) is 6.85. The Bertz CT molecular complexity index is 59.6. The Hall–Kier alpha value is -0.0400. The third-order valence-electron chi connectivity index (χ3n) is 1.54. The van der Waals surface area contributed by atoms with Gasteiger partial charge in [-0.1, -0.05) is 13.8 Å². The van der Waals surface area contributed by atoms with E-state index >= 15 is 0 Å². The first-order chi connectivity index (χ1) is 4.22. The van der Waals surface area contributed by atoms with Gasteiger partial charge in [0.2, 0.25) is 0 Å². The first kappa shape index (κ1) is 8.96. The maximum atomic E-state index is 3.95. The Kier molecular flexibility index (Phi) is 4.78. The van der Waals surface area contributed by atoms with Crippen molar-refractivity contribution in [3.63, 3.8) is 0 Å². The highest BCUT2D eigenvalue weighted by molar-refractivity contribution is 4.65. The lowest BCUT2D eigenvalue weighted by molar-refractivity contribution is 0.253. The molecule has 1 nitrogen and oxygen atoms in total. The van der Waals surface area contributed by atoms with Crippen LogP contribution >= 0.6 is 0 Å².